The molecule has 0 aliphatic heterocycles. The van der Waals surface area contributed by atoms with Gasteiger partial charge >= 0.3 is 0 Å². The molecule has 0 saturated carbocycles. The predicted octanol–water partition coefficient (Wildman–Crippen LogP) is 2.62. The van der Waals surface area contributed by atoms with Crippen molar-refractivity contribution in [3.63, 3.8) is 0 Å². The third-order valence-corrected chi connectivity index (χ3v) is 3.85. The smallest absolute Gasteiger partial charge is 0.229 e. The summed E-state index contributed by atoms with van der Waals surface area (Å²) in [6.45, 7) is 2.05. The molecule has 11 heteroatoms. The molecule has 0 spiro atoms. The zero-order valence-electron chi connectivity index (χ0n) is 12.7. The van der Waals surface area contributed by atoms with Crippen molar-refractivity contribution in [2.75, 3.05) is 11.0 Å². The number of aryl methyl sites for hydroxylation is 1. The van der Waals surface area contributed by atoms with Gasteiger partial charge in [-0.25, -0.2) is 30.4 Å². The zero-order chi connectivity index (χ0) is 18.4. The average molecular weight is 369 g/mol. The molecule has 1 heterocycles. The summed E-state index contributed by atoms with van der Waals surface area (Å²) >= 11 is 0. The number of sulfonamides is 1. The molecule has 0 atom stereocenters. The maximum Gasteiger partial charge on any atom is 0.229 e. The van der Waals surface area contributed by atoms with E-state index < -0.39 is 51.2 Å². The molecule has 0 unspecified atom stereocenters. The average Bonchev–Trinajstić information content (AvgIpc) is 2.73. The Kier molecular flexibility index (Phi) is 4.57. The molecule has 2 aromatic rings. The Balaban J connectivity index is 2.53. The highest BCUT2D eigenvalue weighted by Gasteiger charge is 2.27. The Morgan fingerprint density at radius 1 is 0.958 bits per heavy atom. The summed E-state index contributed by atoms with van der Waals surface area (Å²) in [6, 6.07) is 0. The monoisotopic (exact) mass is 369 g/mol. The van der Waals surface area contributed by atoms with E-state index in [1.54, 1.807) is 0 Å². The zero-order valence-corrected chi connectivity index (χ0v) is 13.5. The fourth-order valence-electron chi connectivity index (χ4n) is 2.12. The minimum atomic E-state index is -3.64. The number of halogens is 5. The van der Waals surface area contributed by atoms with Crippen LogP contribution in [0.3, 0.4) is 0 Å². The Bertz CT molecular complexity index is 895. The minimum absolute atomic E-state index is 0.0707. The van der Waals surface area contributed by atoms with E-state index >= 15 is 0 Å². The fourth-order valence-corrected chi connectivity index (χ4v) is 2.79. The van der Waals surface area contributed by atoms with Gasteiger partial charge in [-0.3, -0.25) is 9.40 Å². The lowest BCUT2D eigenvalue weighted by Gasteiger charge is -2.10. The number of anilines is 1. The Labute approximate surface area is 134 Å². The lowest BCUT2D eigenvalue weighted by Crippen LogP contribution is -2.14. The van der Waals surface area contributed by atoms with E-state index in [0.717, 1.165) is 10.9 Å². The van der Waals surface area contributed by atoms with Gasteiger partial charge in [0, 0.05) is 0 Å². The molecule has 0 radical (unpaired) electrons. The second-order valence-corrected chi connectivity index (χ2v) is 6.87. The highest BCUT2D eigenvalue weighted by atomic mass is 32.2. The number of hydrogen-bond donors (Lipinski definition) is 1. The molecule has 1 aromatic carbocycles. The highest BCUT2D eigenvalue weighted by molar-refractivity contribution is 7.92. The minimum Gasteiger partial charge on any atom is -0.280 e. The van der Waals surface area contributed by atoms with Crippen molar-refractivity contribution in [1.29, 1.82) is 0 Å². The second kappa shape index (κ2) is 6.04. The van der Waals surface area contributed by atoms with Crippen LogP contribution in [0.1, 0.15) is 17.0 Å². The van der Waals surface area contributed by atoms with Gasteiger partial charge in [-0.1, -0.05) is 0 Å². The van der Waals surface area contributed by atoms with Crippen molar-refractivity contribution in [3.8, 4) is 0 Å². The molecule has 24 heavy (non-hydrogen) atoms. The van der Waals surface area contributed by atoms with E-state index in [4.69, 9.17) is 0 Å². The van der Waals surface area contributed by atoms with E-state index in [1.807, 2.05) is 0 Å². The Morgan fingerprint density at radius 3 is 1.88 bits per heavy atom. The normalized spacial score (nSPS) is 11.8. The van der Waals surface area contributed by atoms with Gasteiger partial charge in [-0.15, -0.1) is 0 Å². The van der Waals surface area contributed by atoms with Gasteiger partial charge in [0.15, 0.2) is 23.3 Å². The lowest BCUT2D eigenvalue weighted by atomic mass is 10.1. The van der Waals surface area contributed by atoms with Crippen LogP contribution in [-0.2, 0) is 16.6 Å². The van der Waals surface area contributed by atoms with E-state index in [9.17, 15) is 30.4 Å². The summed E-state index contributed by atoms with van der Waals surface area (Å²) in [5.74, 6) is -10.3. The molecule has 0 aliphatic carbocycles. The van der Waals surface area contributed by atoms with Crippen LogP contribution in [0, 0.1) is 42.9 Å². The fraction of sp³-hybridized carbons (Fsp3) is 0.308. The Hall–Kier alpha value is -2.17. The maximum absolute atomic E-state index is 13.7. The number of nitrogens with zero attached hydrogens (tertiary/aromatic N) is 2. The van der Waals surface area contributed by atoms with Crippen molar-refractivity contribution in [2.24, 2.45) is 0 Å². The molecular formula is C13H12F5N3O2S. The molecule has 0 aliphatic rings. The predicted molar refractivity (Wildman–Crippen MR) is 75.5 cm³/mol. The van der Waals surface area contributed by atoms with Crippen molar-refractivity contribution in [3.05, 3.63) is 46.0 Å². The molecule has 0 amide bonds. The quantitative estimate of drug-likeness (QED) is 0.512. The van der Waals surface area contributed by atoms with Gasteiger partial charge in [-0.05, 0) is 13.8 Å². The molecular weight excluding hydrogens is 357 g/mol. The van der Waals surface area contributed by atoms with Gasteiger partial charge in [0.05, 0.1) is 35.4 Å². The third kappa shape index (κ3) is 3.21. The van der Waals surface area contributed by atoms with E-state index in [2.05, 4.69) is 9.82 Å². The number of hydrogen-bond acceptors (Lipinski definition) is 3. The standard InChI is InChI=1S/C13H12F5N3O2S/c1-5-13(20-24(3,22)23)6(2)21(19-5)4-7-8(14)10(16)12(18)11(17)9(7)15/h20H,4H2,1-3H3. The number of rotatable bonds is 4. The van der Waals surface area contributed by atoms with Crippen molar-refractivity contribution >= 4 is 15.7 Å². The topological polar surface area (TPSA) is 64.0 Å². The SMILES string of the molecule is Cc1nn(Cc2c(F)c(F)c(F)c(F)c2F)c(C)c1NS(C)(=O)=O. The van der Waals surface area contributed by atoms with E-state index in [0.29, 0.717) is 0 Å². The molecule has 132 valence electrons. The van der Waals surface area contributed by atoms with Crippen molar-refractivity contribution < 1.29 is 30.4 Å². The van der Waals surface area contributed by atoms with Crippen LogP contribution >= 0.6 is 0 Å². The first-order valence-corrected chi connectivity index (χ1v) is 8.35. The number of aromatic nitrogens is 2. The third-order valence-electron chi connectivity index (χ3n) is 3.28. The Morgan fingerprint density at radius 2 is 1.42 bits per heavy atom. The lowest BCUT2D eigenvalue weighted by molar-refractivity contribution is 0.366. The summed E-state index contributed by atoms with van der Waals surface area (Å²) in [6.07, 6.45) is 0.896. The van der Waals surface area contributed by atoms with E-state index in [-0.39, 0.29) is 17.1 Å². The van der Waals surface area contributed by atoms with Crippen LogP contribution in [0.2, 0.25) is 0 Å². The summed E-state index contributed by atoms with van der Waals surface area (Å²) in [5, 5.41) is 3.87. The van der Waals surface area contributed by atoms with Crippen LogP contribution in [0.4, 0.5) is 27.6 Å². The van der Waals surface area contributed by atoms with Crippen LogP contribution < -0.4 is 4.72 Å². The van der Waals surface area contributed by atoms with Crippen LogP contribution in [-0.4, -0.2) is 24.5 Å². The highest BCUT2D eigenvalue weighted by Crippen LogP contribution is 2.26. The molecule has 0 fully saturated rings. The summed E-state index contributed by atoms with van der Waals surface area (Å²) < 4.78 is 92.7. The van der Waals surface area contributed by atoms with E-state index in [1.165, 1.54) is 13.8 Å². The van der Waals surface area contributed by atoms with Crippen molar-refractivity contribution in [2.45, 2.75) is 20.4 Å². The largest absolute Gasteiger partial charge is 0.280 e. The van der Waals surface area contributed by atoms with Crippen LogP contribution in [0.5, 0.6) is 0 Å². The van der Waals surface area contributed by atoms with Gasteiger partial charge in [0.2, 0.25) is 15.8 Å². The second-order valence-electron chi connectivity index (χ2n) is 5.13. The molecule has 0 bridgehead atoms. The summed E-state index contributed by atoms with van der Waals surface area (Å²) in [4.78, 5) is 0. The molecule has 1 N–H and O–H groups in total. The van der Waals surface area contributed by atoms with Crippen molar-refractivity contribution in [1.82, 2.24) is 9.78 Å². The first-order chi connectivity index (χ1) is 10.9. The maximum atomic E-state index is 13.7. The van der Waals surface area contributed by atoms with Gasteiger partial charge in [-0.2, -0.15) is 5.10 Å². The van der Waals surface area contributed by atoms with Gasteiger partial charge in [0.1, 0.15) is 0 Å². The van der Waals surface area contributed by atoms with Gasteiger partial charge < -0.3 is 0 Å². The first kappa shape index (κ1) is 18.2. The van der Waals surface area contributed by atoms with Gasteiger partial charge in [0.25, 0.3) is 0 Å². The molecule has 5 nitrogen and oxygen atoms in total. The summed E-state index contributed by atoms with van der Waals surface area (Å²) in [7, 11) is -3.64. The van der Waals surface area contributed by atoms with Crippen LogP contribution in [0.25, 0.3) is 0 Å². The number of nitrogens with one attached hydrogen (secondary N) is 1. The number of benzene rings is 1. The molecule has 0 saturated heterocycles. The molecule has 1 aromatic heterocycles. The molecule has 2 rings (SSSR count). The van der Waals surface area contributed by atoms with Crippen LogP contribution in [0.15, 0.2) is 0 Å². The summed E-state index contributed by atoms with van der Waals surface area (Å²) in [5.41, 5.74) is -0.659. The first-order valence-electron chi connectivity index (χ1n) is 6.46.